The summed E-state index contributed by atoms with van der Waals surface area (Å²) in [6, 6.07) is 4.04. The lowest BCUT2D eigenvalue weighted by molar-refractivity contribution is 0.0119. The molecule has 3 nitrogen and oxygen atoms in total. The molecular formula is C10H16BrNO2S. The Labute approximate surface area is 103 Å². The third-order valence-corrected chi connectivity index (χ3v) is 3.59. The molecule has 0 saturated carbocycles. The van der Waals surface area contributed by atoms with Crippen LogP contribution in [0, 0.1) is 0 Å². The van der Waals surface area contributed by atoms with E-state index in [4.69, 9.17) is 15.2 Å². The molecule has 5 heteroatoms. The molecule has 0 amide bonds. The fraction of sp³-hybridized carbons (Fsp3) is 0.600. The highest BCUT2D eigenvalue weighted by atomic mass is 79.9. The molecule has 0 aromatic carbocycles. The highest BCUT2D eigenvalue weighted by Gasteiger charge is 2.11. The van der Waals surface area contributed by atoms with Crippen LogP contribution in [-0.2, 0) is 9.47 Å². The quantitative estimate of drug-likeness (QED) is 0.786. The Morgan fingerprint density at radius 1 is 1.47 bits per heavy atom. The Balaban J connectivity index is 2.35. The molecule has 1 aromatic heterocycles. The van der Waals surface area contributed by atoms with Gasteiger partial charge >= 0.3 is 0 Å². The van der Waals surface area contributed by atoms with Gasteiger partial charge in [-0.1, -0.05) is 0 Å². The molecule has 1 atom stereocenters. The maximum atomic E-state index is 5.65. The predicted octanol–water partition coefficient (Wildman–Crippen LogP) is 2.56. The summed E-state index contributed by atoms with van der Waals surface area (Å²) in [7, 11) is 0. The molecule has 0 bridgehead atoms. The first-order valence-electron chi connectivity index (χ1n) is 4.92. The minimum atomic E-state index is -0.0123. The van der Waals surface area contributed by atoms with E-state index in [0.717, 1.165) is 15.3 Å². The van der Waals surface area contributed by atoms with Crippen molar-refractivity contribution in [1.29, 1.82) is 0 Å². The van der Waals surface area contributed by atoms with Gasteiger partial charge in [-0.25, -0.2) is 0 Å². The van der Waals surface area contributed by atoms with E-state index < -0.39 is 0 Å². The Morgan fingerprint density at radius 2 is 2.27 bits per heavy atom. The predicted molar refractivity (Wildman–Crippen MR) is 66.3 cm³/mol. The molecule has 0 saturated heterocycles. The Morgan fingerprint density at radius 3 is 2.80 bits per heavy atom. The van der Waals surface area contributed by atoms with Crippen molar-refractivity contribution in [3.8, 4) is 0 Å². The smallest absolute Gasteiger partial charge is 0.104 e. The fourth-order valence-electron chi connectivity index (χ4n) is 1.16. The summed E-state index contributed by atoms with van der Waals surface area (Å²) in [6.45, 7) is 4.40. The molecule has 1 heterocycles. The third kappa shape index (κ3) is 4.61. The van der Waals surface area contributed by atoms with Crippen LogP contribution in [0.5, 0.6) is 0 Å². The van der Waals surface area contributed by atoms with Crippen molar-refractivity contribution in [2.45, 2.75) is 13.0 Å². The van der Waals surface area contributed by atoms with E-state index in [0.29, 0.717) is 19.8 Å². The van der Waals surface area contributed by atoms with Gasteiger partial charge in [0.05, 0.1) is 17.0 Å². The summed E-state index contributed by atoms with van der Waals surface area (Å²) in [5.74, 6) is 0. The lowest BCUT2D eigenvalue weighted by Gasteiger charge is -2.14. The van der Waals surface area contributed by atoms with E-state index in [9.17, 15) is 0 Å². The lowest BCUT2D eigenvalue weighted by Crippen LogP contribution is -2.17. The van der Waals surface area contributed by atoms with E-state index in [1.165, 1.54) is 0 Å². The van der Waals surface area contributed by atoms with Crippen molar-refractivity contribution in [3.05, 3.63) is 20.8 Å². The first-order valence-corrected chi connectivity index (χ1v) is 6.53. The molecule has 15 heavy (non-hydrogen) atoms. The van der Waals surface area contributed by atoms with Crippen molar-refractivity contribution in [2.24, 2.45) is 5.73 Å². The maximum Gasteiger partial charge on any atom is 0.104 e. The molecule has 0 aliphatic heterocycles. The summed E-state index contributed by atoms with van der Waals surface area (Å²) >= 11 is 5.08. The highest BCUT2D eigenvalue weighted by molar-refractivity contribution is 9.11. The molecule has 1 aromatic rings. The van der Waals surface area contributed by atoms with Crippen molar-refractivity contribution in [2.75, 3.05) is 26.4 Å². The number of nitrogens with two attached hydrogens (primary N) is 1. The molecule has 0 radical (unpaired) electrons. The largest absolute Gasteiger partial charge is 0.379 e. The summed E-state index contributed by atoms with van der Waals surface area (Å²) in [4.78, 5) is 1.15. The molecule has 0 spiro atoms. The van der Waals surface area contributed by atoms with Crippen molar-refractivity contribution >= 4 is 27.3 Å². The summed E-state index contributed by atoms with van der Waals surface area (Å²) in [6.07, 6.45) is -0.0123. The van der Waals surface area contributed by atoms with Crippen LogP contribution < -0.4 is 5.73 Å². The zero-order valence-corrected chi connectivity index (χ0v) is 11.1. The number of hydrogen-bond acceptors (Lipinski definition) is 4. The van der Waals surface area contributed by atoms with Gasteiger partial charge in [0.2, 0.25) is 0 Å². The van der Waals surface area contributed by atoms with E-state index in [2.05, 4.69) is 15.9 Å². The Kier molecular flexibility index (Phi) is 6.43. The fourth-order valence-corrected chi connectivity index (χ4v) is 2.65. The van der Waals surface area contributed by atoms with Crippen LogP contribution in [0.25, 0.3) is 0 Å². The maximum absolute atomic E-state index is 5.65. The van der Waals surface area contributed by atoms with Crippen LogP contribution in [0.1, 0.15) is 17.9 Å². The van der Waals surface area contributed by atoms with Gasteiger partial charge < -0.3 is 15.2 Å². The van der Waals surface area contributed by atoms with Crippen LogP contribution in [-0.4, -0.2) is 26.4 Å². The van der Waals surface area contributed by atoms with Gasteiger partial charge in [0.15, 0.2) is 0 Å². The second-order valence-electron chi connectivity index (χ2n) is 2.93. The van der Waals surface area contributed by atoms with Gasteiger partial charge in [-0.2, -0.15) is 0 Å². The third-order valence-electron chi connectivity index (χ3n) is 1.88. The van der Waals surface area contributed by atoms with E-state index in [1.54, 1.807) is 11.3 Å². The highest BCUT2D eigenvalue weighted by Crippen LogP contribution is 2.28. The van der Waals surface area contributed by atoms with Crippen molar-refractivity contribution in [3.63, 3.8) is 0 Å². The Hall–Kier alpha value is 0.0600. The second-order valence-corrected chi connectivity index (χ2v) is 5.43. The summed E-state index contributed by atoms with van der Waals surface area (Å²) in [5, 5.41) is 0. The molecule has 0 fully saturated rings. The first kappa shape index (κ1) is 13.1. The number of hydrogen-bond donors (Lipinski definition) is 1. The SMILES string of the molecule is CCOCCOC(CN)c1ccc(Br)s1. The van der Waals surface area contributed by atoms with Gasteiger partial charge in [-0.05, 0) is 35.0 Å². The van der Waals surface area contributed by atoms with Crippen LogP contribution >= 0.6 is 27.3 Å². The van der Waals surface area contributed by atoms with Crippen LogP contribution in [0.15, 0.2) is 15.9 Å². The van der Waals surface area contributed by atoms with Crippen molar-refractivity contribution < 1.29 is 9.47 Å². The molecular weight excluding hydrogens is 278 g/mol. The minimum Gasteiger partial charge on any atom is -0.379 e. The van der Waals surface area contributed by atoms with Crippen LogP contribution in [0.3, 0.4) is 0 Å². The average Bonchev–Trinajstić information content (AvgIpc) is 2.65. The minimum absolute atomic E-state index is 0.0123. The first-order chi connectivity index (χ1) is 7.27. The number of ether oxygens (including phenoxy) is 2. The zero-order valence-electron chi connectivity index (χ0n) is 8.74. The zero-order chi connectivity index (χ0) is 11.1. The monoisotopic (exact) mass is 293 g/mol. The lowest BCUT2D eigenvalue weighted by atomic mass is 10.3. The van der Waals surface area contributed by atoms with E-state index >= 15 is 0 Å². The van der Waals surface area contributed by atoms with Gasteiger partial charge in [0.25, 0.3) is 0 Å². The topological polar surface area (TPSA) is 44.5 Å². The molecule has 0 aliphatic rings. The molecule has 86 valence electrons. The van der Waals surface area contributed by atoms with Gasteiger partial charge in [-0.3, -0.25) is 0 Å². The standard InChI is InChI=1S/C10H16BrNO2S/c1-2-13-5-6-14-8(7-12)9-3-4-10(11)15-9/h3-4,8H,2,5-7,12H2,1H3. The molecule has 0 aliphatic carbocycles. The summed E-state index contributed by atoms with van der Waals surface area (Å²) < 4.78 is 11.9. The van der Waals surface area contributed by atoms with Crippen LogP contribution in [0.2, 0.25) is 0 Å². The van der Waals surface area contributed by atoms with Crippen molar-refractivity contribution in [1.82, 2.24) is 0 Å². The Bertz CT molecular complexity index is 280. The number of thiophene rings is 1. The average molecular weight is 294 g/mol. The number of rotatable bonds is 7. The van der Waals surface area contributed by atoms with Gasteiger partial charge in [0.1, 0.15) is 6.10 Å². The van der Waals surface area contributed by atoms with Gasteiger partial charge in [0, 0.05) is 18.0 Å². The van der Waals surface area contributed by atoms with E-state index in [1.807, 2.05) is 19.1 Å². The second kappa shape index (κ2) is 7.35. The summed E-state index contributed by atoms with van der Waals surface area (Å²) in [5.41, 5.74) is 5.65. The number of halogens is 1. The molecule has 1 rings (SSSR count). The van der Waals surface area contributed by atoms with Crippen LogP contribution in [0.4, 0.5) is 0 Å². The normalized spacial score (nSPS) is 13.0. The van der Waals surface area contributed by atoms with Gasteiger partial charge in [-0.15, -0.1) is 11.3 Å². The molecule has 1 unspecified atom stereocenters. The van der Waals surface area contributed by atoms with E-state index in [-0.39, 0.29) is 6.10 Å². The molecule has 2 N–H and O–H groups in total.